The van der Waals surface area contributed by atoms with Gasteiger partial charge in [-0.05, 0) is 52.3 Å². The summed E-state index contributed by atoms with van der Waals surface area (Å²) in [4.78, 5) is 0. The van der Waals surface area contributed by atoms with Crippen molar-refractivity contribution in [2.45, 2.75) is 58.9 Å². The van der Waals surface area contributed by atoms with Crippen molar-refractivity contribution in [3.63, 3.8) is 0 Å². The molecule has 1 aromatic heterocycles. The Balaban J connectivity index is 1.93. The molecule has 0 amide bonds. The lowest BCUT2D eigenvalue weighted by molar-refractivity contribution is 0.169. The highest BCUT2D eigenvalue weighted by atomic mass is 16.5. The minimum absolute atomic E-state index is 0.119. The van der Waals surface area contributed by atoms with Crippen LogP contribution >= 0.6 is 0 Å². The molecule has 2 rings (SSSR count). The van der Waals surface area contributed by atoms with Crippen molar-refractivity contribution in [3.05, 3.63) is 47.8 Å². The molecule has 24 heavy (non-hydrogen) atoms. The standard InChI is InChI=1S/C19H29N3O2/c1-13(2)22-12-17(10-21-22)15(5)20-11-19(23)16-7-6-8-18(9-16)24-14(3)4/h6-10,12-15,19-20,23H,11H2,1-5H3. The van der Waals surface area contributed by atoms with E-state index in [9.17, 15) is 5.11 Å². The van der Waals surface area contributed by atoms with Gasteiger partial charge in [0.05, 0.1) is 18.4 Å². The molecule has 1 heterocycles. The lowest BCUT2D eigenvalue weighted by Gasteiger charge is -2.18. The fourth-order valence-corrected chi connectivity index (χ4v) is 2.45. The summed E-state index contributed by atoms with van der Waals surface area (Å²) in [5.74, 6) is 0.785. The van der Waals surface area contributed by atoms with Crippen LogP contribution in [0.3, 0.4) is 0 Å². The molecule has 0 aliphatic carbocycles. The topological polar surface area (TPSA) is 59.3 Å². The van der Waals surface area contributed by atoms with Crippen molar-refractivity contribution in [1.82, 2.24) is 15.1 Å². The molecule has 2 N–H and O–H groups in total. The van der Waals surface area contributed by atoms with Gasteiger partial charge in [-0.25, -0.2) is 0 Å². The van der Waals surface area contributed by atoms with E-state index in [1.54, 1.807) is 0 Å². The molecular formula is C19H29N3O2. The van der Waals surface area contributed by atoms with Gasteiger partial charge in [0.2, 0.25) is 0 Å². The largest absolute Gasteiger partial charge is 0.491 e. The van der Waals surface area contributed by atoms with Crippen molar-refractivity contribution >= 4 is 0 Å². The fourth-order valence-electron chi connectivity index (χ4n) is 2.45. The Morgan fingerprint density at radius 1 is 1.17 bits per heavy atom. The molecule has 0 bridgehead atoms. The van der Waals surface area contributed by atoms with E-state index in [1.165, 1.54) is 0 Å². The molecule has 0 spiro atoms. The normalized spacial score (nSPS) is 14.2. The highest BCUT2D eigenvalue weighted by molar-refractivity contribution is 5.30. The molecule has 0 fully saturated rings. The van der Waals surface area contributed by atoms with Crippen LogP contribution in [0.15, 0.2) is 36.7 Å². The van der Waals surface area contributed by atoms with Crippen molar-refractivity contribution < 1.29 is 9.84 Å². The van der Waals surface area contributed by atoms with E-state index >= 15 is 0 Å². The number of benzene rings is 1. The monoisotopic (exact) mass is 331 g/mol. The fraction of sp³-hybridized carbons (Fsp3) is 0.526. The highest BCUT2D eigenvalue weighted by Crippen LogP contribution is 2.21. The second-order valence-electron chi connectivity index (χ2n) is 6.73. The van der Waals surface area contributed by atoms with Gasteiger partial charge in [-0.15, -0.1) is 0 Å². The molecule has 0 radical (unpaired) electrons. The Morgan fingerprint density at radius 3 is 2.54 bits per heavy atom. The summed E-state index contributed by atoms with van der Waals surface area (Å²) < 4.78 is 7.62. The van der Waals surface area contributed by atoms with E-state index in [0.29, 0.717) is 12.6 Å². The first kappa shape index (κ1) is 18.5. The van der Waals surface area contributed by atoms with Crippen LogP contribution in [0.5, 0.6) is 5.75 Å². The van der Waals surface area contributed by atoms with Crippen molar-refractivity contribution in [2.75, 3.05) is 6.54 Å². The molecule has 2 aromatic rings. The van der Waals surface area contributed by atoms with Gasteiger partial charge >= 0.3 is 0 Å². The van der Waals surface area contributed by atoms with Crippen LogP contribution in [-0.2, 0) is 0 Å². The molecule has 5 heteroatoms. The van der Waals surface area contributed by atoms with Crippen molar-refractivity contribution in [3.8, 4) is 5.75 Å². The van der Waals surface area contributed by atoms with E-state index in [4.69, 9.17) is 4.74 Å². The second kappa shape index (κ2) is 8.31. The van der Waals surface area contributed by atoms with Crippen LogP contribution in [0, 0.1) is 0 Å². The van der Waals surface area contributed by atoms with Crippen LogP contribution in [0.25, 0.3) is 0 Å². The SMILES string of the molecule is CC(C)Oc1cccc(C(O)CNC(C)c2cnn(C(C)C)c2)c1. The van der Waals surface area contributed by atoms with E-state index in [-0.39, 0.29) is 12.1 Å². The second-order valence-corrected chi connectivity index (χ2v) is 6.73. The van der Waals surface area contributed by atoms with Gasteiger partial charge in [0.1, 0.15) is 5.75 Å². The first-order chi connectivity index (χ1) is 11.4. The minimum atomic E-state index is -0.580. The molecule has 0 saturated carbocycles. The minimum Gasteiger partial charge on any atom is -0.491 e. The summed E-state index contributed by atoms with van der Waals surface area (Å²) >= 11 is 0. The summed E-state index contributed by atoms with van der Waals surface area (Å²) in [7, 11) is 0. The molecule has 0 aliphatic rings. The number of nitrogens with zero attached hydrogens (tertiary/aromatic N) is 2. The molecule has 0 saturated heterocycles. The van der Waals surface area contributed by atoms with Gasteiger partial charge in [-0.3, -0.25) is 4.68 Å². The number of ether oxygens (including phenoxy) is 1. The molecular weight excluding hydrogens is 302 g/mol. The van der Waals surface area contributed by atoms with Gasteiger partial charge in [-0.1, -0.05) is 12.1 Å². The first-order valence-electron chi connectivity index (χ1n) is 8.59. The highest BCUT2D eigenvalue weighted by Gasteiger charge is 2.13. The Bertz CT molecular complexity index is 637. The summed E-state index contributed by atoms with van der Waals surface area (Å²) in [5.41, 5.74) is 1.97. The quantitative estimate of drug-likeness (QED) is 0.775. The smallest absolute Gasteiger partial charge is 0.120 e. The average molecular weight is 331 g/mol. The van der Waals surface area contributed by atoms with Crippen LogP contribution in [-0.4, -0.2) is 27.5 Å². The average Bonchev–Trinajstić information content (AvgIpc) is 3.02. The molecule has 5 nitrogen and oxygen atoms in total. The third-order valence-corrected chi connectivity index (χ3v) is 3.88. The summed E-state index contributed by atoms with van der Waals surface area (Å²) in [6.07, 6.45) is 3.46. The zero-order chi connectivity index (χ0) is 17.7. The summed E-state index contributed by atoms with van der Waals surface area (Å²) in [5, 5.41) is 18.2. The number of aliphatic hydroxyl groups is 1. The van der Waals surface area contributed by atoms with E-state index < -0.39 is 6.10 Å². The van der Waals surface area contributed by atoms with Gasteiger partial charge in [0.15, 0.2) is 0 Å². The lowest BCUT2D eigenvalue weighted by atomic mass is 10.1. The van der Waals surface area contributed by atoms with Crippen LogP contribution in [0.4, 0.5) is 0 Å². The Hall–Kier alpha value is -1.85. The van der Waals surface area contributed by atoms with E-state index in [1.807, 2.05) is 55.2 Å². The zero-order valence-electron chi connectivity index (χ0n) is 15.2. The third kappa shape index (κ3) is 5.08. The van der Waals surface area contributed by atoms with Crippen molar-refractivity contribution in [1.29, 1.82) is 0 Å². The van der Waals surface area contributed by atoms with Crippen LogP contribution in [0.2, 0.25) is 0 Å². The Labute approximate surface area is 144 Å². The zero-order valence-corrected chi connectivity index (χ0v) is 15.2. The van der Waals surface area contributed by atoms with Gasteiger partial charge in [-0.2, -0.15) is 5.10 Å². The number of hydrogen-bond donors (Lipinski definition) is 2. The molecule has 1 aromatic carbocycles. The molecule has 2 atom stereocenters. The summed E-state index contributed by atoms with van der Waals surface area (Å²) in [6, 6.07) is 8.11. The first-order valence-corrected chi connectivity index (χ1v) is 8.59. The van der Waals surface area contributed by atoms with E-state index in [2.05, 4.69) is 31.2 Å². The maximum absolute atomic E-state index is 10.4. The van der Waals surface area contributed by atoms with Crippen LogP contribution < -0.4 is 10.1 Å². The number of rotatable bonds is 8. The number of nitrogens with one attached hydrogen (secondary N) is 1. The predicted octanol–water partition coefficient (Wildman–Crippen LogP) is 3.64. The molecule has 132 valence electrons. The van der Waals surface area contributed by atoms with Gasteiger partial charge in [0, 0.05) is 30.4 Å². The maximum atomic E-state index is 10.4. The predicted molar refractivity (Wildman–Crippen MR) is 96.2 cm³/mol. The number of hydrogen-bond acceptors (Lipinski definition) is 4. The lowest BCUT2D eigenvalue weighted by Crippen LogP contribution is -2.24. The molecule has 2 unspecified atom stereocenters. The Morgan fingerprint density at radius 2 is 1.92 bits per heavy atom. The van der Waals surface area contributed by atoms with Crippen molar-refractivity contribution in [2.24, 2.45) is 0 Å². The van der Waals surface area contributed by atoms with Gasteiger partial charge < -0.3 is 15.2 Å². The van der Waals surface area contributed by atoms with E-state index in [0.717, 1.165) is 16.9 Å². The maximum Gasteiger partial charge on any atom is 0.120 e. The summed E-state index contributed by atoms with van der Waals surface area (Å²) in [6.45, 7) is 10.7. The van der Waals surface area contributed by atoms with Gasteiger partial charge in [0.25, 0.3) is 0 Å². The number of aliphatic hydroxyl groups excluding tert-OH is 1. The third-order valence-electron chi connectivity index (χ3n) is 3.88. The Kier molecular flexibility index (Phi) is 6.40. The van der Waals surface area contributed by atoms with Crippen LogP contribution in [0.1, 0.15) is 63.9 Å². The molecule has 0 aliphatic heterocycles. The number of aromatic nitrogens is 2.